The average Bonchev–Trinajstić information content (AvgIpc) is 2.35. The molecule has 0 spiro atoms. The van der Waals surface area contributed by atoms with Gasteiger partial charge in [-0.25, -0.2) is 9.97 Å². The highest BCUT2D eigenvalue weighted by Crippen LogP contribution is 2.19. The fraction of sp³-hybridized carbons (Fsp3) is 0.636. The van der Waals surface area contributed by atoms with Gasteiger partial charge in [0, 0.05) is 26.7 Å². The highest BCUT2D eigenvalue weighted by molar-refractivity contribution is 7.98. The van der Waals surface area contributed by atoms with Crippen molar-refractivity contribution in [3.8, 4) is 0 Å². The molecular formula is C11H20N4S. The molecule has 0 aliphatic rings. The molecule has 90 valence electrons. The van der Waals surface area contributed by atoms with E-state index in [2.05, 4.69) is 34.2 Å². The van der Waals surface area contributed by atoms with Gasteiger partial charge < -0.3 is 10.2 Å². The summed E-state index contributed by atoms with van der Waals surface area (Å²) >= 11 is 1.56. The molecule has 0 unspecified atom stereocenters. The average molecular weight is 240 g/mol. The summed E-state index contributed by atoms with van der Waals surface area (Å²) in [5.41, 5.74) is 0. The van der Waals surface area contributed by atoms with Crippen molar-refractivity contribution >= 4 is 23.4 Å². The second-order valence-electron chi connectivity index (χ2n) is 3.62. The van der Waals surface area contributed by atoms with Crippen LogP contribution in [0.4, 0.5) is 11.6 Å². The van der Waals surface area contributed by atoms with Crippen LogP contribution in [0.5, 0.6) is 0 Å². The lowest BCUT2D eigenvalue weighted by Gasteiger charge is -2.18. The fourth-order valence-corrected chi connectivity index (χ4v) is 1.71. The standard InChI is InChI=1S/C11H20N4S/c1-5-6-7-15(3)10-8-9(12-2)13-11(14-10)16-4/h8H,5-7H2,1-4H3,(H,12,13,14). The molecule has 0 aliphatic carbocycles. The van der Waals surface area contributed by atoms with E-state index in [1.807, 2.05) is 19.4 Å². The Morgan fingerprint density at radius 2 is 2.19 bits per heavy atom. The number of anilines is 2. The van der Waals surface area contributed by atoms with Gasteiger partial charge in [-0.1, -0.05) is 25.1 Å². The van der Waals surface area contributed by atoms with Crippen LogP contribution in [0.1, 0.15) is 19.8 Å². The zero-order valence-electron chi connectivity index (χ0n) is 10.4. The molecule has 0 atom stereocenters. The first kappa shape index (κ1) is 13.1. The quantitative estimate of drug-likeness (QED) is 0.611. The summed E-state index contributed by atoms with van der Waals surface area (Å²) in [6, 6.07) is 1.98. The van der Waals surface area contributed by atoms with E-state index >= 15 is 0 Å². The molecule has 1 aromatic heterocycles. The van der Waals surface area contributed by atoms with Crippen LogP contribution in [-0.2, 0) is 0 Å². The summed E-state index contributed by atoms with van der Waals surface area (Å²) in [5.74, 6) is 1.86. The molecule has 16 heavy (non-hydrogen) atoms. The minimum Gasteiger partial charge on any atom is -0.373 e. The Kier molecular flexibility index (Phi) is 5.38. The van der Waals surface area contributed by atoms with E-state index in [1.165, 1.54) is 12.8 Å². The molecule has 1 heterocycles. The molecule has 5 heteroatoms. The third kappa shape index (κ3) is 3.56. The van der Waals surface area contributed by atoms with Crippen LogP contribution in [0, 0.1) is 0 Å². The third-order valence-electron chi connectivity index (χ3n) is 2.37. The normalized spacial score (nSPS) is 10.2. The van der Waals surface area contributed by atoms with Crippen LogP contribution in [0.3, 0.4) is 0 Å². The van der Waals surface area contributed by atoms with Gasteiger partial charge in [0.05, 0.1) is 0 Å². The summed E-state index contributed by atoms with van der Waals surface area (Å²) in [7, 11) is 3.95. The Bertz CT molecular complexity index is 308. The number of unbranched alkanes of at least 4 members (excludes halogenated alkanes) is 1. The van der Waals surface area contributed by atoms with E-state index in [1.54, 1.807) is 11.8 Å². The van der Waals surface area contributed by atoms with Gasteiger partial charge in [-0.05, 0) is 12.7 Å². The minimum atomic E-state index is 0.810. The van der Waals surface area contributed by atoms with Crippen molar-refractivity contribution in [2.24, 2.45) is 0 Å². The van der Waals surface area contributed by atoms with Crippen molar-refractivity contribution in [3.05, 3.63) is 6.07 Å². The van der Waals surface area contributed by atoms with E-state index in [0.717, 1.165) is 23.3 Å². The van der Waals surface area contributed by atoms with Crippen molar-refractivity contribution in [3.63, 3.8) is 0 Å². The number of rotatable bonds is 6. The minimum absolute atomic E-state index is 0.810. The number of nitrogens with one attached hydrogen (secondary N) is 1. The molecule has 0 aromatic carbocycles. The van der Waals surface area contributed by atoms with Gasteiger partial charge >= 0.3 is 0 Å². The zero-order valence-corrected chi connectivity index (χ0v) is 11.3. The Balaban J connectivity index is 2.85. The molecular weight excluding hydrogens is 220 g/mol. The number of thioether (sulfide) groups is 1. The van der Waals surface area contributed by atoms with Crippen molar-refractivity contribution in [2.75, 3.05) is 37.1 Å². The topological polar surface area (TPSA) is 41.0 Å². The number of hydrogen-bond donors (Lipinski definition) is 1. The second kappa shape index (κ2) is 6.58. The number of aromatic nitrogens is 2. The molecule has 1 rings (SSSR count). The lowest BCUT2D eigenvalue weighted by molar-refractivity contribution is 0.752. The van der Waals surface area contributed by atoms with Gasteiger partial charge in [-0.3, -0.25) is 0 Å². The summed E-state index contributed by atoms with van der Waals surface area (Å²) in [6.07, 6.45) is 4.37. The Hall–Kier alpha value is -0.970. The Morgan fingerprint density at radius 1 is 1.44 bits per heavy atom. The predicted molar refractivity (Wildman–Crippen MR) is 71.5 cm³/mol. The molecule has 1 N–H and O–H groups in total. The zero-order chi connectivity index (χ0) is 12.0. The van der Waals surface area contributed by atoms with Crippen molar-refractivity contribution < 1.29 is 0 Å². The summed E-state index contributed by atoms with van der Waals surface area (Å²) in [4.78, 5) is 11.0. The molecule has 0 saturated heterocycles. The number of hydrogen-bond acceptors (Lipinski definition) is 5. The van der Waals surface area contributed by atoms with Crippen LogP contribution < -0.4 is 10.2 Å². The van der Waals surface area contributed by atoms with Crippen molar-refractivity contribution in [2.45, 2.75) is 24.9 Å². The lowest BCUT2D eigenvalue weighted by Crippen LogP contribution is -2.20. The fourth-order valence-electron chi connectivity index (χ4n) is 1.34. The van der Waals surface area contributed by atoms with E-state index in [9.17, 15) is 0 Å². The molecule has 0 radical (unpaired) electrons. The maximum atomic E-state index is 4.49. The monoisotopic (exact) mass is 240 g/mol. The summed E-state index contributed by atoms with van der Waals surface area (Å²) in [5, 5.41) is 3.87. The van der Waals surface area contributed by atoms with Gasteiger partial charge in [0.15, 0.2) is 5.16 Å². The lowest BCUT2D eigenvalue weighted by atomic mass is 10.3. The Labute approximate surface area is 102 Å². The van der Waals surface area contributed by atoms with Gasteiger partial charge in [0.2, 0.25) is 0 Å². The highest BCUT2D eigenvalue weighted by Gasteiger charge is 2.06. The van der Waals surface area contributed by atoms with Crippen LogP contribution >= 0.6 is 11.8 Å². The molecule has 0 fully saturated rings. The second-order valence-corrected chi connectivity index (χ2v) is 4.40. The van der Waals surface area contributed by atoms with E-state index in [4.69, 9.17) is 0 Å². The first-order valence-corrected chi connectivity index (χ1v) is 6.75. The number of nitrogens with zero attached hydrogens (tertiary/aromatic N) is 3. The highest BCUT2D eigenvalue weighted by atomic mass is 32.2. The maximum absolute atomic E-state index is 4.49. The smallest absolute Gasteiger partial charge is 0.191 e. The first-order chi connectivity index (χ1) is 7.71. The van der Waals surface area contributed by atoms with Gasteiger partial charge in [0.25, 0.3) is 0 Å². The molecule has 0 aliphatic heterocycles. The molecule has 1 aromatic rings. The maximum Gasteiger partial charge on any atom is 0.191 e. The molecule has 4 nitrogen and oxygen atoms in total. The van der Waals surface area contributed by atoms with Gasteiger partial charge in [-0.2, -0.15) is 0 Å². The van der Waals surface area contributed by atoms with Crippen molar-refractivity contribution in [1.82, 2.24) is 9.97 Å². The van der Waals surface area contributed by atoms with E-state index < -0.39 is 0 Å². The van der Waals surface area contributed by atoms with Crippen molar-refractivity contribution in [1.29, 1.82) is 0 Å². The van der Waals surface area contributed by atoms with Crippen LogP contribution in [0.25, 0.3) is 0 Å². The van der Waals surface area contributed by atoms with E-state index in [0.29, 0.717) is 0 Å². The SMILES string of the molecule is CCCCN(C)c1cc(NC)nc(SC)n1. The third-order valence-corrected chi connectivity index (χ3v) is 2.92. The largest absolute Gasteiger partial charge is 0.373 e. The predicted octanol–water partition coefficient (Wildman–Crippen LogP) is 2.48. The van der Waals surface area contributed by atoms with Gasteiger partial charge in [-0.15, -0.1) is 0 Å². The van der Waals surface area contributed by atoms with Crippen LogP contribution in [-0.4, -0.2) is 36.9 Å². The molecule has 0 amide bonds. The van der Waals surface area contributed by atoms with E-state index in [-0.39, 0.29) is 0 Å². The first-order valence-electron chi connectivity index (χ1n) is 5.53. The Morgan fingerprint density at radius 3 is 2.75 bits per heavy atom. The summed E-state index contributed by atoms with van der Waals surface area (Å²) < 4.78 is 0. The summed E-state index contributed by atoms with van der Waals surface area (Å²) in [6.45, 7) is 3.23. The van der Waals surface area contributed by atoms with Gasteiger partial charge in [0.1, 0.15) is 11.6 Å². The molecule has 0 saturated carbocycles. The molecule has 0 bridgehead atoms. The van der Waals surface area contributed by atoms with Crippen LogP contribution in [0.15, 0.2) is 11.2 Å². The van der Waals surface area contributed by atoms with Crippen LogP contribution in [0.2, 0.25) is 0 Å².